The van der Waals surface area contributed by atoms with Crippen LogP contribution in [-0.4, -0.2) is 37.0 Å². The van der Waals surface area contributed by atoms with E-state index in [4.69, 9.17) is 9.47 Å². The van der Waals surface area contributed by atoms with Crippen molar-refractivity contribution in [2.45, 2.75) is 6.42 Å². The summed E-state index contributed by atoms with van der Waals surface area (Å²) in [4.78, 5) is 0. The second-order valence-corrected chi connectivity index (χ2v) is 5.28. The Morgan fingerprint density at radius 3 is 2.89 bits per heavy atom. The van der Waals surface area contributed by atoms with Crippen LogP contribution in [0.25, 0.3) is 10.6 Å². The summed E-state index contributed by atoms with van der Waals surface area (Å²) in [6.07, 6.45) is 0.902. The molecule has 5 nitrogen and oxygen atoms in total. The molecule has 100 valence electrons. The fraction of sp³-hybridized carbons (Fsp3) is 0.385. The molecule has 1 aliphatic rings. The maximum atomic E-state index is 5.58. The molecule has 1 N–H and O–H groups in total. The lowest BCUT2D eigenvalue weighted by molar-refractivity contribution is 0.171. The number of benzene rings is 1. The van der Waals surface area contributed by atoms with Gasteiger partial charge in [0.25, 0.3) is 0 Å². The first kappa shape index (κ1) is 12.4. The Morgan fingerprint density at radius 1 is 1.21 bits per heavy atom. The second kappa shape index (κ2) is 5.54. The molecule has 0 aliphatic carbocycles. The van der Waals surface area contributed by atoms with E-state index in [0.717, 1.165) is 40.0 Å². The van der Waals surface area contributed by atoms with E-state index >= 15 is 0 Å². The summed E-state index contributed by atoms with van der Waals surface area (Å²) in [7, 11) is 1.93. The van der Waals surface area contributed by atoms with Crippen LogP contribution in [0.5, 0.6) is 11.5 Å². The van der Waals surface area contributed by atoms with Gasteiger partial charge in [0, 0.05) is 18.5 Å². The highest BCUT2D eigenvalue weighted by Crippen LogP contribution is 2.35. The summed E-state index contributed by atoms with van der Waals surface area (Å²) in [5.74, 6) is 1.59. The van der Waals surface area contributed by atoms with Gasteiger partial charge in [0.1, 0.15) is 23.2 Å². The number of rotatable bonds is 4. The van der Waals surface area contributed by atoms with E-state index in [1.54, 1.807) is 11.3 Å². The van der Waals surface area contributed by atoms with Crippen molar-refractivity contribution in [1.29, 1.82) is 0 Å². The molecule has 0 saturated heterocycles. The molecule has 0 spiro atoms. The number of nitrogens with zero attached hydrogens (tertiary/aromatic N) is 2. The lowest BCUT2D eigenvalue weighted by atomic mass is 10.2. The summed E-state index contributed by atoms with van der Waals surface area (Å²) in [5.41, 5.74) is 1.03. The van der Waals surface area contributed by atoms with Crippen molar-refractivity contribution in [2.24, 2.45) is 0 Å². The van der Waals surface area contributed by atoms with E-state index in [9.17, 15) is 0 Å². The van der Waals surface area contributed by atoms with Crippen LogP contribution in [0.15, 0.2) is 18.2 Å². The smallest absolute Gasteiger partial charge is 0.162 e. The molecule has 19 heavy (non-hydrogen) atoms. The fourth-order valence-electron chi connectivity index (χ4n) is 1.88. The summed E-state index contributed by atoms with van der Waals surface area (Å²) in [5, 5.41) is 13.5. The van der Waals surface area contributed by atoms with Crippen molar-refractivity contribution in [3.8, 4) is 22.1 Å². The summed E-state index contributed by atoms with van der Waals surface area (Å²) < 4.78 is 11.1. The van der Waals surface area contributed by atoms with Crippen molar-refractivity contribution in [3.63, 3.8) is 0 Å². The van der Waals surface area contributed by atoms with Crippen molar-refractivity contribution >= 4 is 11.3 Å². The summed E-state index contributed by atoms with van der Waals surface area (Å²) in [6, 6.07) is 5.89. The molecule has 2 aromatic rings. The Hall–Kier alpha value is -1.66. The predicted octanol–water partition coefficient (Wildman–Crippen LogP) is 1.74. The van der Waals surface area contributed by atoms with Crippen LogP contribution < -0.4 is 14.8 Å². The van der Waals surface area contributed by atoms with Gasteiger partial charge < -0.3 is 14.8 Å². The first-order valence-corrected chi connectivity index (χ1v) is 7.05. The second-order valence-electron chi connectivity index (χ2n) is 4.21. The van der Waals surface area contributed by atoms with E-state index in [2.05, 4.69) is 15.5 Å². The Bertz CT molecular complexity index is 571. The van der Waals surface area contributed by atoms with E-state index < -0.39 is 0 Å². The number of hydrogen-bond acceptors (Lipinski definition) is 6. The topological polar surface area (TPSA) is 56.3 Å². The Kier molecular flexibility index (Phi) is 3.61. The summed E-state index contributed by atoms with van der Waals surface area (Å²) in [6.45, 7) is 2.12. The van der Waals surface area contributed by atoms with Gasteiger partial charge in [-0.2, -0.15) is 0 Å². The minimum Gasteiger partial charge on any atom is -0.486 e. The minimum atomic E-state index is 0.597. The number of hydrogen-bond donors (Lipinski definition) is 1. The quantitative estimate of drug-likeness (QED) is 0.922. The van der Waals surface area contributed by atoms with Gasteiger partial charge in [-0.3, -0.25) is 0 Å². The molecule has 3 rings (SSSR count). The van der Waals surface area contributed by atoms with Gasteiger partial charge in [-0.05, 0) is 25.2 Å². The Morgan fingerprint density at radius 2 is 2.05 bits per heavy atom. The molecule has 0 radical (unpaired) electrons. The van der Waals surface area contributed by atoms with E-state index in [1.165, 1.54) is 0 Å². The third-order valence-corrected chi connectivity index (χ3v) is 3.88. The molecule has 1 aliphatic heterocycles. The van der Waals surface area contributed by atoms with Crippen LogP contribution in [0.2, 0.25) is 0 Å². The van der Waals surface area contributed by atoms with Gasteiger partial charge in [0.05, 0.1) is 0 Å². The molecular formula is C13H15N3O2S. The number of fused-ring (bicyclic) bond motifs is 1. The highest BCUT2D eigenvalue weighted by molar-refractivity contribution is 7.14. The average Bonchev–Trinajstić information content (AvgIpc) is 2.93. The lowest BCUT2D eigenvalue weighted by Gasteiger charge is -2.18. The predicted molar refractivity (Wildman–Crippen MR) is 74.0 cm³/mol. The van der Waals surface area contributed by atoms with Crippen molar-refractivity contribution in [3.05, 3.63) is 23.2 Å². The largest absolute Gasteiger partial charge is 0.486 e. The standard InChI is InChI=1S/C13H15N3O2S/c1-14-5-4-12-15-16-13(19-12)9-2-3-10-11(8-9)18-7-6-17-10/h2-3,8,14H,4-7H2,1H3. The van der Waals surface area contributed by atoms with Gasteiger partial charge in [-0.15, -0.1) is 10.2 Å². The number of likely N-dealkylation sites (N-methyl/N-ethyl adjacent to an activating group) is 1. The van der Waals surface area contributed by atoms with Crippen LogP contribution in [0, 0.1) is 0 Å². The van der Waals surface area contributed by atoms with E-state index in [-0.39, 0.29) is 0 Å². The third kappa shape index (κ3) is 2.69. The Balaban J connectivity index is 1.83. The molecule has 1 aromatic carbocycles. The molecule has 2 heterocycles. The average molecular weight is 277 g/mol. The van der Waals surface area contributed by atoms with Crippen LogP contribution in [0.1, 0.15) is 5.01 Å². The molecule has 1 aromatic heterocycles. The van der Waals surface area contributed by atoms with Crippen LogP contribution >= 0.6 is 11.3 Å². The minimum absolute atomic E-state index is 0.597. The first-order chi connectivity index (χ1) is 9.36. The zero-order valence-electron chi connectivity index (χ0n) is 10.7. The molecule has 6 heteroatoms. The Labute approximate surface area is 115 Å². The first-order valence-electron chi connectivity index (χ1n) is 6.24. The van der Waals surface area contributed by atoms with Crippen molar-refractivity contribution < 1.29 is 9.47 Å². The molecule has 0 bridgehead atoms. The highest BCUT2D eigenvalue weighted by Gasteiger charge is 2.14. The van der Waals surface area contributed by atoms with Gasteiger partial charge in [0.2, 0.25) is 0 Å². The number of nitrogens with one attached hydrogen (secondary N) is 1. The third-order valence-electron chi connectivity index (χ3n) is 2.84. The number of aromatic nitrogens is 2. The normalized spacial score (nSPS) is 13.5. The lowest BCUT2D eigenvalue weighted by Crippen LogP contribution is -2.15. The molecule has 0 atom stereocenters. The van der Waals surface area contributed by atoms with Crippen LogP contribution in [0.3, 0.4) is 0 Å². The van der Waals surface area contributed by atoms with Crippen molar-refractivity contribution in [2.75, 3.05) is 26.8 Å². The van der Waals surface area contributed by atoms with Crippen LogP contribution in [0.4, 0.5) is 0 Å². The maximum Gasteiger partial charge on any atom is 0.162 e. The zero-order chi connectivity index (χ0) is 13.1. The fourth-order valence-corrected chi connectivity index (χ4v) is 2.72. The molecular weight excluding hydrogens is 262 g/mol. The van der Waals surface area contributed by atoms with Gasteiger partial charge in [-0.25, -0.2) is 0 Å². The van der Waals surface area contributed by atoms with Crippen LogP contribution in [-0.2, 0) is 6.42 Å². The van der Waals surface area contributed by atoms with E-state index in [0.29, 0.717) is 13.2 Å². The van der Waals surface area contributed by atoms with Gasteiger partial charge in [0.15, 0.2) is 11.5 Å². The SMILES string of the molecule is CNCCc1nnc(-c2ccc3c(c2)OCCO3)s1. The number of ether oxygens (including phenoxy) is 2. The monoisotopic (exact) mass is 277 g/mol. The molecule has 0 saturated carbocycles. The molecule has 0 unspecified atom stereocenters. The highest BCUT2D eigenvalue weighted by atomic mass is 32.1. The van der Waals surface area contributed by atoms with E-state index in [1.807, 2.05) is 25.2 Å². The molecule has 0 fully saturated rings. The zero-order valence-corrected chi connectivity index (χ0v) is 11.5. The maximum absolute atomic E-state index is 5.58. The summed E-state index contributed by atoms with van der Waals surface area (Å²) >= 11 is 1.62. The van der Waals surface area contributed by atoms with Gasteiger partial charge in [-0.1, -0.05) is 11.3 Å². The van der Waals surface area contributed by atoms with Crippen molar-refractivity contribution in [1.82, 2.24) is 15.5 Å². The van der Waals surface area contributed by atoms with Gasteiger partial charge >= 0.3 is 0 Å². The molecule has 0 amide bonds.